The Labute approximate surface area is 108 Å². The first kappa shape index (κ1) is 12.8. The zero-order chi connectivity index (χ0) is 12.8. The number of ketones is 1. The van der Waals surface area contributed by atoms with Crippen molar-refractivity contribution in [1.29, 1.82) is 0 Å². The highest BCUT2D eigenvalue weighted by molar-refractivity contribution is 5.85. The molecule has 0 fully saturated rings. The summed E-state index contributed by atoms with van der Waals surface area (Å²) < 4.78 is 0. The highest BCUT2D eigenvalue weighted by Crippen LogP contribution is 2.18. The molecule has 0 aromatic heterocycles. The van der Waals surface area contributed by atoms with E-state index in [0.29, 0.717) is 6.42 Å². The van der Waals surface area contributed by atoms with E-state index in [2.05, 4.69) is 47.8 Å². The second-order valence-corrected chi connectivity index (χ2v) is 4.59. The number of rotatable bonds is 6. The average molecular weight is 241 g/mol. The second-order valence-electron chi connectivity index (χ2n) is 4.59. The molecule has 2 aromatic rings. The molecule has 0 saturated carbocycles. The summed E-state index contributed by atoms with van der Waals surface area (Å²) in [6, 6.07) is 14.9. The molecule has 0 heterocycles. The molecule has 0 saturated heterocycles. The number of nitrogens with one attached hydrogen (secondary N) is 1. The third-order valence-electron chi connectivity index (χ3n) is 3.10. The van der Waals surface area contributed by atoms with Crippen molar-refractivity contribution in [3.05, 3.63) is 48.0 Å². The van der Waals surface area contributed by atoms with Gasteiger partial charge in [-0.25, -0.2) is 0 Å². The van der Waals surface area contributed by atoms with Crippen LogP contribution in [0.2, 0.25) is 0 Å². The van der Waals surface area contributed by atoms with Crippen molar-refractivity contribution in [2.24, 2.45) is 0 Å². The van der Waals surface area contributed by atoms with Crippen LogP contribution in [0.15, 0.2) is 42.5 Å². The Kier molecular flexibility index (Phi) is 4.48. The van der Waals surface area contributed by atoms with Gasteiger partial charge in [0.2, 0.25) is 0 Å². The summed E-state index contributed by atoms with van der Waals surface area (Å²) in [5, 5.41) is 5.93. The second kappa shape index (κ2) is 6.31. The molecule has 1 N–H and O–H groups in total. The number of fused-ring (bicyclic) bond motifs is 1. The van der Waals surface area contributed by atoms with Crippen LogP contribution in [-0.2, 0) is 11.2 Å². The maximum atomic E-state index is 10.8. The number of carbonyl (C=O) groups excluding carboxylic acids is 1. The minimum absolute atomic E-state index is 0.243. The zero-order valence-electron chi connectivity index (χ0n) is 10.8. The van der Waals surface area contributed by atoms with Crippen molar-refractivity contribution in [1.82, 2.24) is 5.32 Å². The van der Waals surface area contributed by atoms with E-state index in [4.69, 9.17) is 0 Å². The van der Waals surface area contributed by atoms with Crippen LogP contribution in [0.5, 0.6) is 0 Å². The minimum Gasteiger partial charge on any atom is -0.316 e. The van der Waals surface area contributed by atoms with Crippen LogP contribution in [-0.4, -0.2) is 18.9 Å². The Morgan fingerprint density at radius 1 is 1.06 bits per heavy atom. The molecule has 0 aliphatic rings. The standard InChI is InChI=1S/C16H19NO/c1-13(18)9-11-17-12-10-15-7-4-6-14-5-2-3-8-16(14)15/h2-8,17H,9-12H2,1H3. The predicted molar refractivity (Wildman–Crippen MR) is 75.8 cm³/mol. The summed E-state index contributed by atoms with van der Waals surface area (Å²) in [5.74, 6) is 0.243. The van der Waals surface area contributed by atoms with Gasteiger partial charge in [0, 0.05) is 13.0 Å². The Bertz CT molecular complexity index is 528. The molecule has 2 aromatic carbocycles. The van der Waals surface area contributed by atoms with Gasteiger partial charge in [0.25, 0.3) is 0 Å². The topological polar surface area (TPSA) is 29.1 Å². The Morgan fingerprint density at radius 3 is 2.67 bits per heavy atom. The van der Waals surface area contributed by atoms with Gasteiger partial charge in [0.15, 0.2) is 0 Å². The molecule has 94 valence electrons. The molecule has 0 aliphatic heterocycles. The lowest BCUT2D eigenvalue weighted by atomic mass is 10.0. The van der Waals surface area contributed by atoms with Crippen LogP contribution in [0.4, 0.5) is 0 Å². The molecule has 0 aliphatic carbocycles. The van der Waals surface area contributed by atoms with Gasteiger partial charge in [-0.15, -0.1) is 0 Å². The highest BCUT2D eigenvalue weighted by atomic mass is 16.1. The molecule has 2 heteroatoms. The number of hydrogen-bond donors (Lipinski definition) is 1. The Balaban J connectivity index is 1.93. The molecule has 0 amide bonds. The minimum atomic E-state index is 0.243. The average Bonchev–Trinajstić information content (AvgIpc) is 2.38. The molecule has 2 rings (SSSR count). The maximum absolute atomic E-state index is 10.8. The van der Waals surface area contributed by atoms with Crippen LogP contribution < -0.4 is 5.32 Å². The zero-order valence-corrected chi connectivity index (χ0v) is 10.8. The Morgan fingerprint density at radius 2 is 1.83 bits per heavy atom. The molecule has 0 spiro atoms. The van der Waals surface area contributed by atoms with Crippen molar-refractivity contribution in [2.75, 3.05) is 13.1 Å². The molecular formula is C16H19NO. The first-order valence-electron chi connectivity index (χ1n) is 6.44. The van der Waals surface area contributed by atoms with Crippen molar-refractivity contribution in [3.63, 3.8) is 0 Å². The van der Waals surface area contributed by atoms with Crippen molar-refractivity contribution < 1.29 is 4.79 Å². The Hall–Kier alpha value is -1.67. The van der Waals surface area contributed by atoms with Crippen LogP contribution in [0.1, 0.15) is 18.9 Å². The SMILES string of the molecule is CC(=O)CCNCCc1cccc2ccccc12. The van der Waals surface area contributed by atoms with Gasteiger partial charge in [-0.2, -0.15) is 0 Å². The first-order chi connectivity index (χ1) is 8.77. The smallest absolute Gasteiger partial charge is 0.131 e. The molecule has 0 radical (unpaired) electrons. The summed E-state index contributed by atoms with van der Waals surface area (Å²) in [7, 11) is 0. The number of benzene rings is 2. The third-order valence-corrected chi connectivity index (χ3v) is 3.10. The number of hydrogen-bond acceptors (Lipinski definition) is 2. The van der Waals surface area contributed by atoms with E-state index >= 15 is 0 Å². The van der Waals surface area contributed by atoms with E-state index in [1.165, 1.54) is 16.3 Å². The predicted octanol–water partition coefficient (Wildman–Crippen LogP) is 2.95. The quantitative estimate of drug-likeness (QED) is 0.788. The summed E-state index contributed by atoms with van der Waals surface area (Å²) >= 11 is 0. The number of carbonyl (C=O) groups is 1. The lowest BCUT2D eigenvalue weighted by Gasteiger charge is -2.07. The van der Waals surface area contributed by atoms with Crippen LogP contribution in [0.3, 0.4) is 0 Å². The summed E-state index contributed by atoms with van der Waals surface area (Å²) in [5.41, 5.74) is 1.36. The van der Waals surface area contributed by atoms with Gasteiger partial charge in [-0.05, 0) is 36.2 Å². The van der Waals surface area contributed by atoms with Crippen LogP contribution in [0, 0.1) is 0 Å². The number of Topliss-reactive ketones (excluding diaryl/α,β-unsaturated/α-hetero) is 1. The maximum Gasteiger partial charge on any atom is 0.131 e. The lowest BCUT2D eigenvalue weighted by Crippen LogP contribution is -2.20. The fraction of sp³-hybridized carbons (Fsp3) is 0.312. The van der Waals surface area contributed by atoms with Gasteiger partial charge in [-0.3, -0.25) is 4.79 Å². The van der Waals surface area contributed by atoms with Crippen LogP contribution in [0.25, 0.3) is 10.8 Å². The highest BCUT2D eigenvalue weighted by Gasteiger charge is 2.00. The van der Waals surface area contributed by atoms with Crippen molar-refractivity contribution in [2.45, 2.75) is 19.8 Å². The van der Waals surface area contributed by atoms with Crippen LogP contribution >= 0.6 is 0 Å². The van der Waals surface area contributed by atoms with E-state index in [0.717, 1.165) is 19.5 Å². The van der Waals surface area contributed by atoms with E-state index in [1.807, 2.05) is 0 Å². The molecule has 18 heavy (non-hydrogen) atoms. The van der Waals surface area contributed by atoms with Gasteiger partial charge in [0.1, 0.15) is 5.78 Å². The van der Waals surface area contributed by atoms with E-state index in [9.17, 15) is 4.79 Å². The lowest BCUT2D eigenvalue weighted by molar-refractivity contribution is -0.116. The molecule has 0 atom stereocenters. The van der Waals surface area contributed by atoms with Gasteiger partial charge in [0.05, 0.1) is 0 Å². The summed E-state index contributed by atoms with van der Waals surface area (Å²) in [6.07, 6.45) is 1.62. The first-order valence-corrected chi connectivity index (χ1v) is 6.44. The summed E-state index contributed by atoms with van der Waals surface area (Å²) in [6.45, 7) is 3.33. The molecule has 2 nitrogen and oxygen atoms in total. The fourth-order valence-corrected chi connectivity index (χ4v) is 2.12. The third kappa shape index (κ3) is 3.41. The normalized spacial score (nSPS) is 10.7. The largest absolute Gasteiger partial charge is 0.316 e. The van der Waals surface area contributed by atoms with Crippen molar-refractivity contribution >= 4 is 16.6 Å². The van der Waals surface area contributed by atoms with Gasteiger partial charge < -0.3 is 5.32 Å². The van der Waals surface area contributed by atoms with Gasteiger partial charge in [-0.1, -0.05) is 42.5 Å². The fourth-order valence-electron chi connectivity index (χ4n) is 2.12. The van der Waals surface area contributed by atoms with E-state index in [1.54, 1.807) is 6.92 Å². The summed E-state index contributed by atoms with van der Waals surface area (Å²) in [4.78, 5) is 10.8. The van der Waals surface area contributed by atoms with Crippen molar-refractivity contribution in [3.8, 4) is 0 Å². The molecule has 0 bridgehead atoms. The molecular weight excluding hydrogens is 222 g/mol. The monoisotopic (exact) mass is 241 g/mol. The van der Waals surface area contributed by atoms with E-state index < -0.39 is 0 Å². The van der Waals surface area contributed by atoms with E-state index in [-0.39, 0.29) is 5.78 Å². The van der Waals surface area contributed by atoms with Gasteiger partial charge >= 0.3 is 0 Å². The molecule has 0 unspecified atom stereocenters.